The van der Waals surface area contributed by atoms with Gasteiger partial charge in [0.2, 0.25) is 17.7 Å². The molecule has 0 spiro atoms. The molecule has 6 heteroatoms. The number of carbonyl (C=O) groups is 3. The van der Waals surface area contributed by atoms with E-state index >= 15 is 0 Å². The van der Waals surface area contributed by atoms with Crippen LogP contribution in [0.15, 0.2) is 78.9 Å². The fraction of sp³-hybridized carbons (Fsp3) is 0.323. The van der Waals surface area contributed by atoms with E-state index in [9.17, 15) is 14.4 Å². The molecule has 2 fully saturated rings. The Morgan fingerprint density at radius 2 is 1.11 bits per heavy atom. The van der Waals surface area contributed by atoms with Crippen LogP contribution in [0.4, 0.5) is 0 Å². The second kappa shape index (κ2) is 8.67. The van der Waals surface area contributed by atoms with Crippen molar-refractivity contribution in [2.75, 3.05) is 32.7 Å². The van der Waals surface area contributed by atoms with Crippen LogP contribution in [0.25, 0.3) is 0 Å². The molecular weight excluding hydrogens is 462 g/mol. The summed E-state index contributed by atoms with van der Waals surface area (Å²) in [5, 5.41) is 0. The average Bonchev–Trinajstić information content (AvgIpc) is 3.19. The molecule has 186 valence electrons. The van der Waals surface area contributed by atoms with Crippen molar-refractivity contribution in [3.05, 3.63) is 107 Å². The molecule has 2 saturated heterocycles. The monoisotopic (exact) mass is 491 g/mol. The molecule has 8 rings (SSSR count). The molecule has 6 nitrogen and oxygen atoms in total. The largest absolute Gasteiger partial charge is 0.339 e. The number of hydrogen-bond acceptors (Lipinski definition) is 4. The number of nitrogens with zero attached hydrogens (tertiary/aromatic N) is 3. The SMILES string of the molecule is O=C(CN1C(=O)[C@@H]2C3c4ccccc4C(c4ccccc43)[C@H]2C1=O)N1CCN(Cc2ccccc2)CC1. The zero-order chi connectivity index (χ0) is 25.1. The first-order valence-electron chi connectivity index (χ1n) is 13.2. The van der Waals surface area contributed by atoms with Gasteiger partial charge in [-0.2, -0.15) is 0 Å². The average molecular weight is 492 g/mol. The van der Waals surface area contributed by atoms with Gasteiger partial charge in [0.1, 0.15) is 6.54 Å². The Morgan fingerprint density at radius 3 is 1.59 bits per heavy atom. The minimum atomic E-state index is -0.433. The molecule has 0 saturated carbocycles. The summed E-state index contributed by atoms with van der Waals surface area (Å²) in [4.78, 5) is 46.2. The van der Waals surface area contributed by atoms with Crippen LogP contribution in [-0.4, -0.2) is 65.1 Å². The molecule has 2 atom stereocenters. The standard InChI is InChI=1S/C31H29N3O3/c35-25(33-16-14-32(15-17-33)18-20-8-2-1-3-9-20)19-34-30(36)28-26-21-10-4-5-11-22(21)27(29(28)31(34)37)24-13-7-6-12-23(24)26/h1-13,26-29H,14-19H2/t26?,27?,28-,29-/m1/s1. The first kappa shape index (κ1) is 22.4. The molecule has 0 radical (unpaired) electrons. The van der Waals surface area contributed by atoms with E-state index < -0.39 is 11.8 Å². The maximum Gasteiger partial charge on any atom is 0.242 e. The first-order valence-corrected chi connectivity index (χ1v) is 13.2. The van der Waals surface area contributed by atoms with Crippen LogP contribution in [0.5, 0.6) is 0 Å². The highest BCUT2D eigenvalue weighted by molar-refractivity contribution is 6.09. The number of likely N-dealkylation sites (tertiary alicyclic amines) is 1. The van der Waals surface area contributed by atoms with Gasteiger partial charge in [-0.15, -0.1) is 0 Å². The molecule has 0 aromatic heterocycles. The highest BCUT2D eigenvalue weighted by Gasteiger charge is 2.61. The summed E-state index contributed by atoms with van der Waals surface area (Å²) in [5.74, 6) is -1.66. The third-order valence-corrected chi connectivity index (χ3v) is 8.81. The quantitative estimate of drug-likeness (QED) is 0.526. The number of amides is 3. The molecule has 3 aromatic carbocycles. The summed E-state index contributed by atoms with van der Waals surface area (Å²) >= 11 is 0. The van der Waals surface area contributed by atoms with Crippen molar-refractivity contribution in [3.8, 4) is 0 Å². The van der Waals surface area contributed by atoms with Gasteiger partial charge in [-0.1, -0.05) is 78.9 Å². The number of benzene rings is 3. The predicted octanol–water partition coefficient (Wildman–Crippen LogP) is 3.22. The van der Waals surface area contributed by atoms with Gasteiger partial charge in [-0.3, -0.25) is 24.2 Å². The minimum absolute atomic E-state index is 0.137. The van der Waals surface area contributed by atoms with Crippen LogP contribution in [0.3, 0.4) is 0 Å². The van der Waals surface area contributed by atoms with E-state index in [2.05, 4.69) is 41.3 Å². The van der Waals surface area contributed by atoms with Crippen molar-refractivity contribution in [1.82, 2.24) is 14.7 Å². The van der Waals surface area contributed by atoms with E-state index in [0.29, 0.717) is 13.1 Å². The molecule has 0 N–H and O–H groups in total. The van der Waals surface area contributed by atoms with Gasteiger partial charge in [0.15, 0.2) is 0 Å². The predicted molar refractivity (Wildman–Crippen MR) is 139 cm³/mol. The van der Waals surface area contributed by atoms with Gasteiger partial charge in [0.05, 0.1) is 11.8 Å². The summed E-state index contributed by atoms with van der Waals surface area (Å²) < 4.78 is 0. The molecule has 37 heavy (non-hydrogen) atoms. The molecule has 2 bridgehead atoms. The van der Waals surface area contributed by atoms with E-state index in [1.807, 2.05) is 47.4 Å². The Labute approximate surface area is 216 Å². The summed E-state index contributed by atoms with van der Waals surface area (Å²) in [6, 6.07) is 26.8. The molecule has 5 aliphatic rings. The van der Waals surface area contributed by atoms with Crippen LogP contribution in [0.2, 0.25) is 0 Å². The molecule has 3 aromatic rings. The van der Waals surface area contributed by atoms with Crippen molar-refractivity contribution < 1.29 is 14.4 Å². The van der Waals surface area contributed by atoms with E-state index in [1.54, 1.807) is 0 Å². The fourth-order valence-corrected chi connectivity index (χ4v) is 7.13. The van der Waals surface area contributed by atoms with Crippen LogP contribution >= 0.6 is 0 Å². The maximum absolute atomic E-state index is 13.8. The van der Waals surface area contributed by atoms with Crippen molar-refractivity contribution in [3.63, 3.8) is 0 Å². The Balaban J connectivity index is 1.09. The van der Waals surface area contributed by atoms with Crippen molar-refractivity contribution >= 4 is 17.7 Å². The van der Waals surface area contributed by atoms with Gasteiger partial charge < -0.3 is 4.90 Å². The smallest absolute Gasteiger partial charge is 0.242 e. The topological polar surface area (TPSA) is 60.9 Å². The number of piperazine rings is 1. The Bertz CT molecular complexity index is 1280. The molecule has 0 unspecified atom stereocenters. The highest BCUT2D eigenvalue weighted by atomic mass is 16.2. The van der Waals surface area contributed by atoms with E-state index in [0.717, 1.165) is 41.9 Å². The number of carbonyl (C=O) groups excluding carboxylic acids is 3. The normalized spacial score (nSPS) is 26.2. The second-order valence-corrected chi connectivity index (χ2v) is 10.7. The van der Waals surface area contributed by atoms with E-state index in [-0.39, 0.29) is 36.1 Å². The molecule has 3 amide bonds. The Kier molecular flexibility index (Phi) is 5.25. The molecule has 2 heterocycles. The maximum atomic E-state index is 13.8. The molecule has 2 aliphatic heterocycles. The first-order chi connectivity index (χ1) is 18.1. The minimum Gasteiger partial charge on any atom is -0.339 e. The van der Waals surface area contributed by atoms with Crippen molar-refractivity contribution in [2.24, 2.45) is 11.8 Å². The number of hydrogen-bond donors (Lipinski definition) is 0. The van der Waals surface area contributed by atoms with Gasteiger partial charge in [-0.25, -0.2) is 0 Å². The summed E-state index contributed by atoms with van der Waals surface area (Å²) in [6.07, 6.45) is 0. The second-order valence-electron chi connectivity index (χ2n) is 10.7. The zero-order valence-corrected chi connectivity index (χ0v) is 20.6. The van der Waals surface area contributed by atoms with E-state index in [4.69, 9.17) is 0 Å². The third-order valence-electron chi connectivity index (χ3n) is 8.81. The van der Waals surface area contributed by atoms with Crippen LogP contribution in [0.1, 0.15) is 39.7 Å². The fourth-order valence-electron chi connectivity index (χ4n) is 7.13. The van der Waals surface area contributed by atoms with Gasteiger partial charge in [-0.05, 0) is 27.8 Å². The number of rotatable bonds is 4. The molecule has 3 aliphatic carbocycles. The lowest BCUT2D eigenvalue weighted by Crippen LogP contribution is -2.51. The Morgan fingerprint density at radius 1 is 0.649 bits per heavy atom. The van der Waals surface area contributed by atoms with E-state index in [1.165, 1.54) is 10.5 Å². The van der Waals surface area contributed by atoms with Gasteiger partial charge in [0, 0.05) is 44.6 Å². The van der Waals surface area contributed by atoms with Crippen LogP contribution < -0.4 is 0 Å². The Hall–Kier alpha value is -3.77. The summed E-state index contributed by atoms with van der Waals surface area (Å²) in [6.45, 7) is 3.48. The lowest BCUT2D eigenvalue weighted by Gasteiger charge is -2.45. The van der Waals surface area contributed by atoms with Gasteiger partial charge in [0.25, 0.3) is 0 Å². The number of imide groups is 1. The summed E-state index contributed by atoms with van der Waals surface area (Å²) in [5.41, 5.74) is 5.86. The molecular formula is C31H29N3O3. The van der Waals surface area contributed by atoms with Crippen LogP contribution in [-0.2, 0) is 20.9 Å². The summed E-state index contributed by atoms with van der Waals surface area (Å²) in [7, 11) is 0. The van der Waals surface area contributed by atoms with Gasteiger partial charge >= 0.3 is 0 Å². The third kappa shape index (κ3) is 3.46. The van der Waals surface area contributed by atoms with Crippen LogP contribution in [0, 0.1) is 11.8 Å². The van der Waals surface area contributed by atoms with Crippen molar-refractivity contribution in [1.29, 1.82) is 0 Å². The lowest BCUT2D eigenvalue weighted by molar-refractivity contribution is -0.147. The lowest BCUT2D eigenvalue weighted by atomic mass is 9.55. The van der Waals surface area contributed by atoms with Crippen molar-refractivity contribution in [2.45, 2.75) is 18.4 Å². The zero-order valence-electron chi connectivity index (χ0n) is 20.6. The highest BCUT2D eigenvalue weighted by Crippen LogP contribution is 2.60.